The smallest absolute Gasteiger partial charge is 0.322 e. The first kappa shape index (κ1) is 20.6. The van der Waals surface area contributed by atoms with Crippen LogP contribution in [0.25, 0.3) is 0 Å². The van der Waals surface area contributed by atoms with Gasteiger partial charge in [-0.05, 0) is 37.0 Å². The van der Waals surface area contributed by atoms with E-state index in [0.29, 0.717) is 19.4 Å². The second-order valence-corrected chi connectivity index (χ2v) is 5.77. The van der Waals surface area contributed by atoms with E-state index in [2.05, 4.69) is 10.3 Å². The molecule has 0 fully saturated rings. The summed E-state index contributed by atoms with van der Waals surface area (Å²) in [6, 6.07) is 2.67. The highest BCUT2D eigenvalue weighted by atomic mass is 16.4. The fraction of sp³-hybridized carbons (Fsp3) is 0.529. The summed E-state index contributed by atoms with van der Waals surface area (Å²) in [5, 5.41) is 11.1. The van der Waals surface area contributed by atoms with Crippen molar-refractivity contribution in [3.8, 4) is 0 Å². The van der Waals surface area contributed by atoms with Gasteiger partial charge in [0.25, 0.3) is 0 Å². The summed E-state index contributed by atoms with van der Waals surface area (Å²) in [5.41, 5.74) is 6.45. The first-order chi connectivity index (χ1) is 11.9. The lowest BCUT2D eigenvalue weighted by molar-refractivity contribution is -0.139. The van der Waals surface area contributed by atoms with E-state index in [4.69, 9.17) is 10.8 Å². The van der Waals surface area contributed by atoms with Crippen LogP contribution in [-0.2, 0) is 20.8 Å². The quantitative estimate of drug-likeness (QED) is 0.522. The Bertz CT molecular complexity index is 565. The molecule has 0 saturated carbocycles. The van der Waals surface area contributed by atoms with Crippen LogP contribution in [0.15, 0.2) is 24.5 Å². The summed E-state index contributed by atoms with van der Waals surface area (Å²) in [6.07, 6.45) is 5.98. The molecule has 2 amide bonds. The Hall–Kier alpha value is -2.48. The third-order valence-electron chi connectivity index (χ3n) is 3.62. The van der Waals surface area contributed by atoms with E-state index >= 15 is 0 Å². The van der Waals surface area contributed by atoms with Gasteiger partial charge in [-0.25, -0.2) is 0 Å². The summed E-state index contributed by atoms with van der Waals surface area (Å²) in [5.74, 6) is -1.68. The van der Waals surface area contributed by atoms with Crippen LogP contribution < -0.4 is 11.1 Å². The lowest BCUT2D eigenvalue weighted by Crippen LogP contribution is -2.46. The maximum absolute atomic E-state index is 12.3. The van der Waals surface area contributed by atoms with Gasteiger partial charge in [0, 0.05) is 31.9 Å². The van der Waals surface area contributed by atoms with Crippen molar-refractivity contribution in [2.45, 2.75) is 38.6 Å². The summed E-state index contributed by atoms with van der Waals surface area (Å²) in [4.78, 5) is 40.3. The zero-order valence-corrected chi connectivity index (χ0v) is 14.5. The predicted molar refractivity (Wildman–Crippen MR) is 92.7 cm³/mol. The zero-order chi connectivity index (χ0) is 18.7. The van der Waals surface area contributed by atoms with Crippen molar-refractivity contribution in [3.05, 3.63) is 30.1 Å². The molecule has 8 nitrogen and oxygen atoms in total. The molecular formula is C17H26N4O4. The van der Waals surface area contributed by atoms with Gasteiger partial charge in [0.2, 0.25) is 11.8 Å². The number of carboxylic acids is 1. The van der Waals surface area contributed by atoms with Gasteiger partial charge in [-0.2, -0.15) is 0 Å². The maximum Gasteiger partial charge on any atom is 0.322 e. The second kappa shape index (κ2) is 11.1. The molecule has 0 radical (unpaired) electrons. The number of nitrogens with two attached hydrogens (primary N) is 1. The Morgan fingerprint density at radius 2 is 2.00 bits per heavy atom. The molecule has 1 aromatic rings. The van der Waals surface area contributed by atoms with Crippen molar-refractivity contribution in [3.63, 3.8) is 0 Å². The Balaban J connectivity index is 2.41. The number of nitrogens with one attached hydrogen (secondary N) is 1. The van der Waals surface area contributed by atoms with Crippen LogP contribution >= 0.6 is 0 Å². The molecule has 1 rings (SSSR count). The van der Waals surface area contributed by atoms with Gasteiger partial charge >= 0.3 is 5.97 Å². The van der Waals surface area contributed by atoms with Gasteiger partial charge in [-0.3, -0.25) is 19.4 Å². The van der Waals surface area contributed by atoms with Crippen LogP contribution in [0, 0.1) is 0 Å². The number of carboxylic acid groups (broad SMARTS) is 1. The fourth-order valence-corrected chi connectivity index (χ4v) is 2.25. The molecule has 0 aliphatic rings. The van der Waals surface area contributed by atoms with E-state index in [1.54, 1.807) is 12.4 Å². The van der Waals surface area contributed by atoms with Crippen molar-refractivity contribution in [1.82, 2.24) is 15.2 Å². The average molecular weight is 350 g/mol. The molecular weight excluding hydrogens is 324 g/mol. The molecule has 25 heavy (non-hydrogen) atoms. The molecule has 4 N–H and O–H groups in total. The number of hydrogen-bond donors (Lipinski definition) is 3. The lowest BCUT2D eigenvalue weighted by atomic mass is 10.1. The number of amides is 2. The van der Waals surface area contributed by atoms with E-state index < -0.39 is 17.9 Å². The van der Waals surface area contributed by atoms with E-state index in [-0.39, 0.29) is 19.0 Å². The van der Waals surface area contributed by atoms with Gasteiger partial charge in [0.1, 0.15) is 6.04 Å². The van der Waals surface area contributed by atoms with E-state index in [1.165, 1.54) is 4.90 Å². The summed E-state index contributed by atoms with van der Waals surface area (Å²) in [6.45, 7) is 2.15. The highest BCUT2D eigenvalue weighted by molar-refractivity contribution is 5.85. The molecule has 0 aliphatic heterocycles. The molecule has 1 heterocycles. The predicted octanol–water partition coefficient (Wildman–Crippen LogP) is 0.171. The Morgan fingerprint density at radius 1 is 1.32 bits per heavy atom. The van der Waals surface area contributed by atoms with Gasteiger partial charge in [-0.1, -0.05) is 6.92 Å². The maximum atomic E-state index is 12.3. The van der Waals surface area contributed by atoms with Crippen molar-refractivity contribution in [1.29, 1.82) is 0 Å². The van der Waals surface area contributed by atoms with Crippen molar-refractivity contribution >= 4 is 17.8 Å². The minimum Gasteiger partial charge on any atom is -0.480 e. The van der Waals surface area contributed by atoms with Crippen molar-refractivity contribution in [2.75, 3.05) is 19.6 Å². The number of hydrogen-bond acceptors (Lipinski definition) is 5. The van der Waals surface area contributed by atoms with E-state index in [9.17, 15) is 14.4 Å². The number of aryl methyl sites for hydroxylation is 1. The normalized spacial score (nSPS) is 11.6. The van der Waals surface area contributed by atoms with Crippen molar-refractivity contribution < 1.29 is 19.5 Å². The Morgan fingerprint density at radius 3 is 2.60 bits per heavy atom. The van der Waals surface area contributed by atoms with Gasteiger partial charge in [0.15, 0.2) is 0 Å². The minimum atomic E-state index is -1.18. The number of carbonyl (C=O) groups is 3. The van der Waals surface area contributed by atoms with Crippen LogP contribution in [0.4, 0.5) is 0 Å². The molecule has 0 spiro atoms. The Labute approximate surface area is 147 Å². The molecule has 138 valence electrons. The third-order valence-corrected chi connectivity index (χ3v) is 3.62. The average Bonchev–Trinajstić information content (AvgIpc) is 2.60. The van der Waals surface area contributed by atoms with Crippen LogP contribution in [-0.4, -0.2) is 58.5 Å². The van der Waals surface area contributed by atoms with Crippen LogP contribution in [0.1, 0.15) is 31.7 Å². The molecule has 1 atom stereocenters. The standard InChI is InChI=1S/C17H26N4O4/c1-2-10-21(12-15(22)20-11-14(18)17(24)25)16(23)5-3-4-13-6-8-19-9-7-13/h6-9,14H,2-5,10-12,18H2,1H3,(H,20,22)(H,24,25). The molecule has 0 saturated heterocycles. The number of pyridine rings is 1. The fourth-order valence-electron chi connectivity index (χ4n) is 2.25. The lowest BCUT2D eigenvalue weighted by Gasteiger charge is -2.22. The largest absolute Gasteiger partial charge is 0.480 e. The number of carbonyl (C=O) groups excluding carboxylic acids is 2. The van der Waals surface area contributed by atoms with E-state index in [0.717, 1.165) is 18.4 Å². The summed E-state index contributed by atoms with van der Waals surface area (Å²) in [7, 11) is 0. The van der Waals surface area contributed by atoms with Crippen LogP contribution in [0.5, 0.6) is 0 Å². The molecule has 8 heteroatoms. The monoisotopic (exact) mass is 350 g/mol. The summed E-state index contributed by atoms with van der Waals surface area (Å²) < 4.78 is 0. The van der Waals surface area contributed by atoms with Crippen molar-refractivity contribution in [2.24, 2.45) is 5.73 Å². The molecule has 1 unspecified atom stereocenters. The highest BCUT2D eigenvalue weighted by Crippen LogP contribution is 2.06. The molecule has 0 bridgehead atoms. The molecule has 1 aromatic heterocycles. The van der Waals surface area contributed by atoms with Gasteiger partial charge < -0.3 is 21.1 Å². The van der Waals surface area contributed by atoms with Crippen LogP contribution in [0.3, 0.4) is 0 Å². The number of aliphatic carboxylic acids is 1. The first-order valence-electron chi connectivity index (χ1n) is 8.35. The number of rotatable bonds is 11. The Kier molecular flexibility index (Phi) is 9.16. The SMILES string of the molecule is CCCN(CC(=O)NCC(N)C(=O)O)C(=O)CCCc1ccncc1. The first-order valence-corrected chi connectivity index (χ1v) is 8.35. The number of aromatic nitrogens is 1. The highest BCUT2D eigenvalue weighted by Gasteiger charge is 2.18. The molecule has 0 aliphatic carbocycles. The second-order valence-electron chi connectivity index (χ2n) is 5.77. The number of nitrogens with zero attached hydrogens (tertiary/aromatic N) is 2. The minimum absolute atomic E-state index is 0.0890. The molecule has 0 aromatic carbocycles. The topological polar surface area (TPSA) is 126 Å². The summed E-state index contributed by atoms with van der Waals surface area (Å²) >= 11 is 0. The van der Waals surface area contributed by atoms with E-state index in [1.807, 2.05) is 19.1 Å². The third kappa shape index (κ3) is 8.25. The van der Waals surface area contributed by atoms with Gasteiger partial charge in [0.05, 0.1) is 6.54 Å². The van der Waals surface area contributed by atoms with Crippen LogP contribution in [0.2, 0.25) is 0 Å². The van der Waals surface area contributed by atoms with Gasteiger partial charge in [-0.15, -0.1) is 0 Å². The zero-order valence-electron chi connectivity index (χ0n) is 14.5.